The molecule has 1 heterocycles. The van der Waals surface area contributed by atoms with Crippen molar-refractivity contribution in [2.45, 2.75) is 17.7 Å². The van der Waals surface area contributed by atoms with Gasteiger partial charge in [-0.1, -0.05) is 30.3 Å². The largest absolute Gasteiger partial charge is 0.312 e. The van der Waals surface area contributed by atoms with Crippen LogP contribution in [0.1, 0.15) is 12.8 Å². The first-order chi connectivity index (χ1) is 12.5. The fraction of sp³-hybridized carbons (Fsp3) is 0.150. The monoisotopic (exact) mass is 366 g/mol. The molecule has 4 rings (SSSR count). The van der Waals surface area contributed by atoms with Crippen LogP contribution in [0.5, 0.6) is 0 Å². The summed E-state index contributed by atoms with van der Waals surface area (Å²) in [7, 11) is -3.69. The molecule has 0 radical (unpaired) electrons. The van der Waals surface area contributed by atoms with Crippen LogP contribution in [0.4, 0.5) is 11.4 Å². The van der Waals surface area contributed by atoms with Gasteiger partial charge in [-0.2, -0.15) is 0 Å². The van der Waals surface area contributed by atoms with E-state index in [1.807, 2.05) is 36.4 Å². The molecule has 0 aliphatic carbocycles. The van der Waals surface area contributed by atoms with Crippen molar-refractivity contribution >= 4 is 38.1 Å². The molecule has 0 bridgehead atoms. The molecule has 1 fully saturated rings. The Kier molecular flexibility index (Phi) is 4.12. The lowest BCUT2D eigenvalue weighted by Gasteiger charge is -2.16. The highest BCUT2D eigenvalue weighted by Gasteiger charge is 2.22. The molecule has 6 heteroatoms. The second-order valence-corrected chi connectivity index (χ2v) is 7.99. The van der Waals surface area contributed by atoms with Gasteiger partial charge in [-0.15, -0.1) is 0 Å². The Bertz CT molecular complexity index is 1080. The van der Waals surface area contributed by atoms with Crippen LogP contribution in [0.3, 0.4) is 0 Å². The molecule has 0 unspecified atom stereocenters. The second kappa shape index (κ2) is 6.46. The lowest BCUT2D eigenvalue weighted by Crippen LogP contribution is -2.23. The molecule has 3 aromatic carbocycles. The minimum absolute atomic E-state index is 0.0786. The third-order valence-electron chi connectivity index (χ3n) is 4.53. The molecule has 1 aliphatic rings. The summed E-state index contributed by atoms with van der Waals surface area (Å²) in [4.78, 5) is 13.7. The number of benzene rings is 3. The van der Waals surface area contributed by atoms with Gasteiger partial charge in [-0.25, -0.2) is 8.42 Å². The van der Waals surface area contributed by atoms with Crippen LogP contribution >= 0.6 is 0 Å². The molecule has 0 aromatic heterocycles. The summed E-state index contributed by atoms with van der Waals surface area (Å²) in [5, 5.41) is 2.02. The number of anilines is 2. The topological polar surface area (TPSA) is 66.5 Å². The molecular weight excluding hydrogens is 348 g/mol. The third kappa shape index (κ3) is 3.15. The molecule has 0 spiro atoms. The number of carbonyl (C=O) groups is 1. The summed E-state index contributed by atoms with van der Waals surface area (Å²) in [5.41, 5.74) is 1.25. The van der Waals surface area contributed by atoms with Crippen molar-refractivity contribution < 1.29 is 13.2 Å². The molecule has 5 nitrogen and oxygen atoms in total. The molecule has 132 valence electrons. The molecule has 1 aliphatic heterocycles. The van der Waals surface area contributed by atoms with Crippen molar-refractivity contribution in [3.8, 4) is 0 Å². The van der Waals surface area contributed by atoms with E-state index in [4.69, 9.17) is 0 Å². The lowest BCUT2D eigenvalue weighted by atomic mass is 10.1. The average molecular weight is 366 g/mol. The highest BCUT2D eigenvalue weighted by atomic mass is 32.2. The number of hydrogen-bond acceptors (Lipinski definition) is 3. The van der Waals surface area contributed by atoms with Gasteiger partial charge in [0.05, 0.1) is 4.90 Å². The zero-order chi connectivity index (χ0) is 18.1. The highest BCUT2D eigenvalue weighted by molar-refractivity contribution is 7.92. The summed E-state index contributed by atoms with van der Waals surface area (Å²) in [5.74, 6) is 0.0786. The standard InChI is InChI=1S/C20H18N2O3S/c23-20-6-3-13-22(20)18-9-11-19(12-10-18)26(24,25)21-17-8-7-15-4-1-2-5-16(15)14-17/h1-2,4-5,7-12,14,21H,3,6,13H2. The molecule has 1 amide bonds. The van der Waals surface area contributed by atoms with Crippen LogP contribution in [0, 0.1) is 0 Å². The van der Waals surface area contributed by atoms with Crippen LogP contribution < -0.4 is 9.62 Å². The number of nitrogens with one attached hydrogen (secondary N) is 1. The van der Waals surface area contributed by atoms with E-state index in [9.17, 15) is 13.2 Å². The highest BCUT2D eigenvalue weighted by Crippen LogP contribution is 2.25. The van der Waals surface area contributed by atoms with Crippen LogP contribution in [0.15, 0.2) is 71.6 Å². The first-order valence-corrected chi connectivity index (χ1v) is 9.93. The number of carbonyl (C=O) groups excluding carboxylic acids is 1. The summed E-state index contributed by atoms with van der Waals surface area (Å²) < 4.78 is 27.9. The van der Waals surface area contributed by atoms with Gasteiger partial charge in [-0.3, -0.25) is 9.52 Å². The van der Waals surface area contributed by atoms with Gasteiger partial charge in [0.15, 0.2) is 0 Å². The van der Waals surface area contributed by atoms with Gasteiger partial charge >= 0.3 is 0 Å². The number of fused-ring (bicyclic) bond motifs is 1. The quantitative estimate of drug-likeness (QED) is 0.764. The fourth-order valence-electron chi connectivity index (χ4n) is 3.19. The third-order valence-corrected chi connectivity index (χ3v) is 5.93. The zero-order valence-electron chi connectivity index (χ0n) is 14.1. The SMILES string of the molecule is O=C1CCCN1c1ccc(S(=O)(=O)Nc2ccc3ccccc3c2)cc1. The van der Waals surface area contributed by atoms with E-state index in [2.05, 4.69) is 4.72 Å². The molecule has 1 saturated heterocycles. The minimum Gasteiger partial charge on any atom is -0.312 e. The Morgan fingerprint density at radius 2 is 1.62 bits per heavy atom. The first kappa shape index (κ1) is 16.6. The van der Waals surface area contributed by atoms with Crippen molar-refractivity contribution in [1.82, 2.24) is 0 Å². The number of sulfonamides is 1. The van der Waals surface area contributed by atoms with Crippen LogP contribution in [0.2, 0.25) is 0 Å². The zero-order valence-corrected chi connectivity index (χ0v) is 14.9. The van der Waals surface area contributed by atoms with Gasteiger partial charge in [0, 0.05) is 24.3 Å². The Hall–Kier alpha value is -2.86. The number of amides is 1. The number of nitrogens with zero attached hydrogens (tertiary/aromatic N) is 1. The van der Waals surface area contributed by atoms with Crippen molar-refractivity contribution in [3.63, 3.8) is 0 Å². The van der Waals surface area contributed by atoms with E-state index in [0.717, 1.165) is 22.9 Å². The fourth-order valence-corrected chi connectivity index (χ4v) is 4.24. The van der Waals surface area contributed by atoms with Gasteiger partial charge in [0.2, 0.25) is 5.91 Å². The summed E-state index contributed by atoms with van der Waals surface area (Å²) >= 11 is 0. The molecular formula is C20H18N2O3S. The van der Waals surface area contributed by atoms with Crippen molar-refractivity contribution in [1.29, 1.82) is 0 Å². The van der Waals surface area contributed by atoms with Gasteiger partial charge < -0.3 is 4.90 Å². The Balaban J connectivity index is 1.58. The Morgan fingerprint density at radius 3 is 2.31 bits per heavy atom. The van der Waals surface area contributed by atoms with E-state index in [0.29, 0.717) is 18.7 Å². The maximum atomic E-state index is 12.6. The first-order valence-electron chi connectivity index (χ1n) is 8.45. The van der Waals surface area contributed by atoms with E-state index >= 15 is 0 Å². The Labute approximate surface area is 152 Å². The molecule has 26 heavy (non-hydrogen) atoms. The van der Waals surface area contributed by atoms with Crippen LogP contribution in [-0.4, -0.2) is 20.9 Å². The number of hydrogen-bond donors (Lipinski definition) is 1. The van der Waals surface area contributed by atoms with Crippen molar-refractivity contribution in [2.75, 3.05) is 16.2 Å². The maximum absolute atomic E-state index is 12.6. The number of rotatable bonds is 4. The van der Waals surface area contributed by atoms with E-state index in [1.54, 1.807) is 23.1 Å². The molecule has 3 aromatic rings. The van der Waals surface area contributed by atoms with Gasteiger partial charge in [-0.05, 0) is 53.6 Å². The van der Waals surface area contributed by atoms with Crippen molar-refractivity contribution in [3.05, 3.63) is 66.7 Å². The predicted octanol–water partition coefficient (Wildman–Crippen LogP) is 3.77. The molecule has 1 N–H and O–H groups in total. The van der Waals surface area contributed by atoms with E-state index in [-0.39, 0.29) is 10.8 Å². The predicted molar refractivity (Wildman–Crippen MR) is 103 cm³/mol. The van der Waals surface area contributed by atoms with Gasteiger partial charge in [0.1, 0.15) is 0 Å². The summed E-state index contributed by atoms with van der Waals surface area (Å²) in [6.45, 7) is 0.681. The Morgan fingerprint density at radius 1 is 0.885 bits per heavy atom. The van der Waals surface area contributed by atoms with Crippen LogP contribution in [0.25, 0.3) is 10.8 Å². The maximum Gasteiger partial charge on any atom is 0.261 e. The minimum atomic E-state index is -3.69. The van der Waals surface area contributed by atoms with Crippen molar-refractivity contribution in [2.24, 2.45) is 0 Å². The van der Waals surface area contributed by atoms with E-state index < -0.39 is 10.0 Å². The normalized spacial score (nSPS) is 14.8. The molecule has 0 saturated carbocycles. The smallest absolute Gasteiger partial charge is 0.261 e. The summed E-state index contributed by atoms with van der Waals surface area (Å²) in [6, 6.07) is 19.6. The van der Waals surface area contributed by atoms with E-state index in [1.165, 1.54) is 12.1 Å². The second-order valence-electron chi connectivity index (χ2n) is 6.31. The van der Waals surface area contributed by atoms with Crippen LogP contribution in [-0.2, 0) is 14.8 Å². The summed E-state index contributed by atoms with van der Waals surface area (Å²) in [6.07, 6.45) is 1.38. The average Bonchev–Trinajstić information content (AvgIpc) is 3.07. The lowest BCUT2D eigenvalue weighted by molar-refractivity contribution is -0.117. The van der Waals surface area contributed by atoms with Gasteiger partial charge in [0.25, 0.3) is 10.0 Å². The molecule has 0 atom stereocenters.